The van der Waals surface area contributed by atoms with Crippen molar-refractivity contribution in [1.82, 2.24) is 9.97 Å². The number of non-ortho nitro benzene ring substituents is 1. The Labute approximate surface area is 195 Å². The molecule has 9 nitrogen and oxygen atoms in total. The summed E-state index contributed by atoms with van der Waals surface area (Å²) in [4.78, 5) is 30.7. The van der Waals surface area contributed by atoms with E-state index in [9.17, 15) is 14.9 Å². The van der Waals surface area contributed by atoms with Crippen LogP contribution < -0.4 is 14.8 Å². The number of rotatable bonds is 7. The van der Waals surface area contributed by atoms with Crippen molar-refractivity contribution in [3.63, 3.8) is 0 Å². The lowest BCUT2D eigenvalue weighted by Gasteiger charge is -2.08. The van der Waals surface area contributed by atoms with Gasteiger partial charge in [0.05, 0.1) is 30.2 Å². The van der Waals surface area contributed by atoms with Gasteiger partial charge in [0.25, 0.3) is 5.69 Å². The summed E-state index contributed by atoms with van der Waals surface area (Å²) in [6.45, 7) is 1.90. The Kier molecular flexibility index (Phi) is 6.26. The van der Waals surface area contributed by atoms with Gasteiger partial charge in [-0.1, -0.05) is 12.1 Å². The van der Waals surface area contributed by atoms with E-state index < -0.39 is 4.92 Å². The third-order valence-corrected chi connectivity index (χ3v) is 5.29. The number of imidazole rings is 1. The second kappa shape index (κ2) is 9.45. The molecule has 9 heteroatoms. The number of aromatic amines is 1. The number of carbonyl (C=O) groups excluding carboxylic acids is 1. The molecular weight excluding hydrogens is 436 g/mol. The normalized spacial score (nSPS) is 11.0. The minimum Gasteiger partial charge on any atom is -0.493 e. The van der Waals surface area contributed by atoms with Crippen molar-refractivity contribution in [3.05, 3.63) is 81.9 Å². The molecular formula is C25H22N4O5. The maximum Gasteiger partial charge on any atom is 0.269 e. The van der Waals surface area contributed by atoms with Crippen LogP contribution in [0.2, 0.25) is 0 Å². The number of hydrogen-bond donors (Lipinski definition) is 2. The van der Waals surface area contributed by atoms with Gasteiger partial charge in [0, 0.05) is 41.6 Å². The molecule has 0 unspecified atom stereocenters. The number of nitrogens with one attached hydrogen (secondary N) is 2. The minimum absolute atomic E-state index is 0.00323. The Hall–Kier alpha value is -4.66. The Morgan fingerprint density at radius 2 is 1.76 bits per heavy atom. The molecule has 4 rings (SSSR count). The zero-order chi connectivity index (χ0) is 24.2. The molecule has 1 aromatic heterocycles. The van der Waals surface area contributed by atoms with Gasteiger partial charge < -0.3 is 19.8 Å². The molecule has 0 saturated heterocycles. The van der Waals surface area contributed by atoms with E-state index in [1.807, 2.05) is 31.2 Å². The summed E-state index contributed by atoms with van der Waals surface area (Å²) in [5.74, 6) is 1.51. The molecule has 1 heterocycles. The predicted octanol–water partition coefficient (Wildman–Crippen LogP) is 5.12. The van der Waals surface area contributed by atoms with Crippen molar-refractivity contribution < 1.29 is 19.2 Å². The molecule has 0 atom stereocenters. The summed E-state index contributed by atoms with van der Waals surface area (Å²) in [5, 5.41) is 13.6. The largest absolute Gasteiger partial charge is 0.493 e. The molecule has 0 spiro atoms. The number of nitro benzene ring substituents is 1. The maximum atomic E-state index is 12.5. The van der Waals surface area contributed by atoms with Crippen molar-refractivity contribution in [2.24, 2.45) is 0 Å². The number of benzene rings is 3. The number of carbonyl (C=O) groups is 1. The lowest BCUT2D eigenvalue weighted by Crippen LogP contribution is -2.09. The number of aromatic nitrogens is 2. The Bertz CT molecular complexity index is 1370. The van der Waals surface area contributed by atoms with E-state index in [0.29, 0.717) is 28.6 Å². The van der Waals surface area contributed by atoms with Gasteiger partial charge in [0.1, 0.15) is 5.82 Å². The lowest BCUT2D eigenvalue weighted by atomic mass is 10.1. The summed E-state index contributed by atoms with van der Waals surface area (Å²) in [6.07, 6.45) is 2.98. The zero-order valence-electron chi connectivity index (χ0n) is 18.8. The molecule has 0 aliphatic carbocycles. The van der Waals surface area contributed by atoms with Crippen LogP contribution in [0.1, 0.15) is 11.1 Å². The van der Waals surface area contributed by atoms with Crippen LogP contribution in [0.5, 0.6) is 11.5 Å². The highest BCUT2D eigenvalue weighted by atomic mass is 16.6. The number of fused-ring (bicyclic) bond motifs is 1. The predicted molar refractivity (Wildman–Crippen MR) is 130 cm³/mol. The van der Waals surface area contributed by atoms with Crippen molar-refractivity contribution in [1.29, 1.82) is 0 Å². The fraction of sp³-hybridized carbons (Fsp3) is 0.120. The van der Waals surface area contributed by atoms with Crippen LogP contribution in [-0.2, 0) is 4.79 Å². The summed E-state index contributed by atoms with van der Waals surface area (Å²) < 4.78 is 10.7. The number of nitro groups is 1. The van der Waals surface area contributed by atoms with Gasteiger partial charge in [-0.3, -0.25) is 14.9 Å². The van der Waals surface area contributed by atoms with Crippen LogP contribution in [0.25, 0.3) is 28.5 Å². The summed E-state index contributed by atoms with van der Waals surface area (Å²) in [6, 6.07) is 15.2. The summed E-state index contributed by atoms with van der Waals surface area (Å²) >= 11 is 0. The third kappa shape index (κ3) is 4.73. The van der Waals surface area contributed by atoms with Crippen LogP contribution in [-0.4, -0.2) is 35.0 Å². The quantitative estimate of drug-likeness (QED) is 0.225. The fourth-order valence-corrected chi connectivity index (χ4v) is 3.43. The Morgan fingerprint density at radius 3 is 2.44 bits per heavy atom. The number of anilines is 1. The van der Waals surface area contributed by atoms with Gasteiger partial charge in [0.15, 0.2) is 11.5 Å². The van der Waals surface area contributed by atoms with Gasteiger partial charge in [-0.15, -0.1) is 0 Å². The SMILES string of the molecule is COc1cc2nc(-c3ccc(C)c(NC(=O)/C=C/c4ccc([N+](=O)[O-])cc4)c3)[nH]c2cc1OC. The molecule has 2 N–H and O–H groups in total. The van der Waals surface area contributed by atoms with Crippen molar-refractivity contribution in [3.8, 4) is 22.9 Å². The molecule has 0 bridgehead atoms. The van der Waals surface area contributed by atoms with Gasteiger partial charge in [0.2, 0.25) is 5.91 Å². The van der Waals surface area contributed by atoms with E-state index in [0.717, 1.165) is 22.2 Å². The average Bonchev–Trinajstić information content (AvgIpc) is 3.26. The van der Waals surface area contributed by atoms with Crippen molar-refractivity contribution in [2.75, 3.05) is 19.5 Å². The number of amides is 1. The van der Waals surface area contributed by atoms with Crippen LogP contribution >= 0.6 is 0 Å². The number of methoxy groups -OCH3 is 2. The van der Waals surface area contributed by atoms with Crippen LogP contribution in [0.3, 0.4) is 0 Å². The number of nitrogens with zero attached hydrogens (tertiary/aromatic N) is 2. The molecule has 34 heavy (non-hydrogen) atoms. The highest BCUT2D eigenvalue weighted by molar-refractivity contribution is 6.02. The van der Waals surface area contributed by atoms with Gasteiger partial charge in [-0.05, 0) is 42.3 Å². The first-order valence-electron chi connectivity index (χ1n) is 10.3. The minimum atomic E-state index is -0.467. The standard InChI is InChI=1S/C25H22N4O5/c1-15-4-8-17(25-27-20-13-22(33-2)23(34-3)14-21(20)28-25)12-19(15)26-24(30)11-7-16-5-9-18(10-6-16)29(31)32/h4-14H,1-3H3,(H,26,30)(H,27,28)/b11-7+. The summed E-state index contributed by atoms with van der Waals surface area (Å²) in [7, 11) is 3.15. The third-order valence-electron chi connectivity index (χ3n) is 5.29. The number of aryl methyl sites for hydroxylation is 1. The Morgan fingerprint density at radius 1 is 1.06 bits per heavy atom. The highest BCUT2D eigenvalue weighted by Gasteiger charge is 2.12. The topological polar surface area (TPSA) is 119 Å². The zero-order valence-corrected chi connectivity index (χ0v) is 18.8. The molecule has 0 fully saturated rings. The molecule has 172 valence electrons. The highest BCUT2D eigenvalue weighted by Crippen LogP contribution is 2.33. The molecule has 1 amide bonds. The Balaban J connectivity index is 1.55. The average molecular weight is 458 g/mol. The van der Waals surface area contributed by atoms with E-state index in [1.165, 1.54) is 18.2 Å². The van der Waals surface area contributed by atoms with Crippen molar-refractivity contribution >= 4 is 34.4 Å². The summed E-state index contributed by atoms with van der Waals surface area (Å²) in [5.41, 5.74) is 4.53. The first-order valence-corrected chi connectivity index (χ1v) is 10.3. The van der Waals surface area contributed by atoms with Crippen LogP contribution in [0.15, 0.2) is 60.7 Å². The number of ether oxygens (including phenoxy) is 2. The second-order valence-electron chi connectivity index (χ2n) is 7.51. The van der Waals surface area contributed by atoms with E-state index in [1.54, 1.807) is 38.5 Å². The second-order valence-corrected chi connectivity index (χ2v) is 7.51. The fourth-order valence-electron chi connectivity index (χ4n) is 3.43. The van der Waals surface area contributed by atoms with Crippen LogP contribution in [0.4, 0.5) is 11.4 Å². The maximum absolute atomic E-state index is 12.5. The molecule has 3 aromatic carbocycles. The molecule has 0 saturated carbocycles. The molecule has 4 aromatic rings. The molecule has 0 radical (unpaired) electrons. The molecule has 0 aliphatic heterocycles. The lowest BCUT2D eigenvalue weighted by molar-refractivity contribution is -0.384. The van der Waals surface area contributed by atoms with E-state index >= 15 is 0 Å². The van der Waals surface area contributed by atoms with Crippen LogP contribution in [0, 0.1) is 17.0 Å². The number of H-pyrrole nitrogens is 1. The smallest absolute Gasteiger partial charge is 0.269 e. The molecule has 0 aliphatic rings. The van der Waals surface area contributed by atoms with Gasteiger partial charge >= 0.3 is 0 Å². The first kappa shape index (κ1) is 22.5. The van der Waals surface area contributed by atoms with E-state index in [2.05, 4.69) is 15.3 Å². The number of hydrogen-bond acceptors (Lipinski definition) is 6. The van der Waals surface area contributed by atoms with Gasteiger partial charge in [-0.2, -0.15) is 0 Å². The van der Waals surface area contributed by atoms with Crippen molar-refractivity contribution in [2.45, 2.75) is 6.92 Å². The van der Waals surface area contributed by atoms with E-state index in [4.69, 9.17) is 9.47 Å². The van der Waals surface area contributed by atoms with E-state index in [-0.39, 0.29) is 11.6 Å². The van der Waals surface area contributed by atoms with Gasteiger partial charge in [-0.25, -0.2) is 4.98 Å². The first-order chi connectivity index (χ1) is 16.4. The monoisotopic (exact) mass is 458 g/mol.